The molecule has 0 aliphatic heterocycles. The van der Waals surface area contributed by atoms with Crippen molar-refractivity contribution >= 4 is 45.2 Å². The Morgan fingerprint density at radius 2 is 1.77 bits per heavy atom. The average molecular weight is 379 g/mol. The maximum atomic E-state index is 11.9. The van der Waals surface area contributed by atoms with E-state index in [0.29, 0.717) is 17.0 Å². The first-order chi connectivity index (χ1) is 10.6. The van der Waals surface area contributed by atoms with E-state index in [0.717, 1.165) is 15.8 Å². The van der Waals surface area contributed by atoms with E-state index in [1.165, 1.54) is 11.8 Å². The van der Waals surface area contributed by atoms with Gasteiger partial charge in [0.25, 0.3) is 5.91 Å². The number of anilines is 1. The predicted molar refractivity (Wildman–Crippen MR) is 93.9 cm³/mol. The number of benzene rings is 2. The second kappa shape index (κ2) is 8.00. The maximum absolute atomic E-state index is 11.9. The van der Waals surface area contributed by atoms with Crippen LogP contribution in [0.3, 0.4) is 0 Å². The highest BCUT2D eigenvalue weighted by Gasteiger charge is 2.10. The summed E-state index contributed by atoms with van der Waals surface area (Å²) >= 11 is 4.89. The fraction of sp³-hybridized carbons (Fsp3) is 0.125. The smallest absolute Gasteiger partial charge is 0.250 e. The van der Waals surface area contributed by atoms with Crippen LogP contribution in [0, 0.1) is 0 Å². The zero-order chi connectivity index (χ0) is 15.9. The number of hydrogen-bond donors (Lipinski definition) is 2. The molecule has 3 N–H and O–H groups in total. The number of rotatable bonds is 6. The molecule has 0 bridgehead atoms. The molecular weight excluding hydrogens is 364 g/mol. The van der Waals surface area contributed by atoms with Crippen molar-refractivity contribution in [3.8, 4) is 0 Å². The van der Waals surface area contributed by atoms with E-state index >= 15 is 0 Å². The number of carbonyl (C=O) groups excluding carboxylic acids is 2. The lowest BCUT2D eigenvalue weighted by atomic mass is 10.1. The lowest BCUT2D eigenvalue weighted by Crippen LogP contribution is -2.19. The van der Waals surface area contributed by atoms with Gasteiger partial charge in [0.2, 0.25) is 5.91 Å². The molecule has 0 saturated heterocycles. The SMILES string of the molecule is NC(=O)c1ccccc1NC(=O)CSCc1ccc(Br)cc1. The van der Waals surface area contributed by atoms with Gasteiger partial charge in [-0.2, -0.15) is 0 Å². The summed E-state index contributed by atoms with van der Waals surface area (Å²) in [6.45, 7) is 0. The quantitative estimate of drug-likeness (QED) is 0.808. The molecule has 0 spiro atoms. The van der Waals surface area contributed by atoms with Crippen LogP contribution < -0.4 is 11.1 Å². The van der Waals surface area contributed by atoms with Crippen LogP contribution in [0.15, 0.2) is 53.0 Å². The Bertz CT molecular complexity index is 674. The molecule has 0 radical (unpaired) electrons. The monoisotopic (exact) mass is 378 g/mol. The average Bonchev–Trinajstić information content (AvgIpc) is 2.49. The van der Waals surface area contributed by atoms with Crippen LogP contribution in [0.5, 0.6) is 0 Å². The molecule has 2 aromatic rings. The third kappa shape index (κ3) is 4.89. The molecule has 0 aromatic heterocycles. The summed E-state index contributed by atoms with van der Waals surface area (Å²) in [5.41, 5.74) is 7.19. The number of hydrogen-bond acceptors (Lipinski definition) is 3. The molecule has 0 saturated carbocycles. The van der Waals surface area contributed by atoms with Gasteiger partial charge in [0.1, 0.15) is 0 Å². The Morgan fingerprint density at radius 3 is 2.45 bits per heavy atom. The first kappa shape index (κ1) is 16.6. The van der Waals surface area contributed by atoms with Gasteiger partial charge in [-0.05, 0) is 29.8 Å². The number of para-hydroxylation sites is 1. The number of thioether (sulfide) groups is 1. The standard InChI is InChI=1S/C16H15BrN2O2S/c17-12-7-5-11(6-8-12)9-22-10-15(20)19-14-4-2-1-3-13(14)16(18)21/h1-8H,9-10H2,(H2,18,21)(H,19,20). The molecule has 0 atom stereocenters. The van der Waals surface area contributed by atoms with Crippen LogP contribution in [0.4, 0.5) is 5.69 Å². The Kier molecular flexibility index (Phi) is 6.03. The van der Waals surface area contributed by atoms with Crippen molar-refractivity contribution in [3.05, 3.63) is 64.1 Å². The third-order valence-corrected chi connectivity index (χ3v) is 4.41. The number of carbonyl (C=O) groups is 2. The van der Waals surface area contributed by atoms with Crippen LogP contribution in [0.25, 0.3) is 0 Å². The van der Waals surface area contributed by atoms with Gasteiger partial charge in [0.15, 0.2) is 0 Å². The van der Waals surface area contributed by atoms with Crippen molar-refractivity contribution in [3.63, 3.8) is 0 Å². The van der Waals surface area contributed by atoms with Gasteiger partial charge < -0.3 is 11.1 Å². The van der Waals surface area contributed by atoms with Crippen molar-refractivity contribution in [1.82, 2.24) is 0 Å². The highest BCUT2D eigenvalue weighted by Crippen LogP contribution is 2.17. The maximum Gasteiger partial charge on any atom is 0.250 e. The summed E-state index contributed by atoms with van der Waals surface area (Å²) in [4.78, 5) is 23.2. The van der Waals surface area contributed by atoms with E-state index in [1.807, 2.05) is 24.3 Å². The van der Waals surface area contributed by atoms with Crippen LogP contribution in [0.2, 0.25) is 0 Å². The Labute approximate surface area is 141 Å². The molecular formula is C16H15BrN2O2S. The van der Waals surface area contributed by atoms with E-state index in [2.05, 4.69) is 21.2 Å². The number of nitrogens with two attached hydrogens (primary N) is 1. The molecule has 22 heavy (non-hydrogen) atoms. The van der Waals surface area contributed by atoms with Crippen LogP contribution in [-0.2, 0) is 10.5 Å². The Hall–Kier alpha value is -1.79. The molecule has 0 aliphatic carbocycles. The lowest BCUT2D eigenvalue weighted by Gasteiger charge is -2.08. The first-order valence-corrected chi connectivity index (χ1v) is 8.52. The minimum Gasteiger partial charge on any atom is -0.366 e. The molecule has 4 nitrogen and oxygen atoms in total. The minimum atomic E-state index is -0.557. The molecule has 0 aliphatic rings. The number of amides is 2. The Morgan fingerprint density at radius 1 is 1.09 bits per heavy atom. The van der Waals surface area contributed by atoms with E-state index in [1.54, 1.807) is 24.3 Å². The summed E-state index contributed by atoms with van der Waals surface area (Å²) in [6.07, 6.45) is 0. The van der Waals surface area contributed by atoms with Gasteiger partial charge in [-0.3, -0.25) is 9.59 Å². The predicted octanol–water partition coefficient (Wildman–Crippen LogP) is 3.42. The van der Waals surface area contributed by atoms with Crippen LogP contribution in [-0.4, -0.2) is 17.6 Å². The summed E-state index contributed by atoms with van der Waals surface area (Å²) in [7, 11) is 0. The Balaban J connectivity index is 1.86. The molecule has 6 heteroatoms. The van der Waals surface area contributed by atoms with Crippen molar-refractivity contribution in [2.24, 2.45) is 5.73 Å². The molecule has 2 rings (SSSR count). The second-order valence-electron chi connectivity index (χ2n) is 4.58. The van der Waals surface area contributed by atoms with Gasteiger partial charge in [-0.15, -0.1) is 11.8 Å². The van der Waals surface area contributed by atoms with Crippen LogP contribution in [0.1, 0.15) is 15.9 Å². The first-order valence-electron chi connectivity index (χ1n) is 6.57. The van der Waals surface area contributed by atoms with Crippen molar-refractivity contribution < 1.29 is 9.59 Å². The number of primary amides is 1. The third-order valence-electron chi connectivity index (χ3n) is 2.88. The molecule has 0 unspecified atom stereocenters. The van der Waals surface area contributed by atoms with Gasteiger partial charge in [-0.1, -0.05) is 40.2 Å². The van der Waals surface area contributed by atoms with E-state index in [4.69, 9.17) is 5.73 Å². The topological polar surface area (TPSA) is 72.2 Å². The molecule has 2 aromatic carbocycles. The highest BCUT2D eigenvalue weighted by atomic mass is 79.9. The van der Waals surface area contributed by atoms with Crippen molar-refractivity contribution in [1.29, 1.82) is 0 Å². The molecule has 0 fully saturated rings. The number of nitrogens with one attached hydrogen (secondary N) is 1. The van der Waals surface area contributed by atoms with Gasteiger partial charge in [0.05, 0.1) is 17.0 Å². The van der Waals surface area contributed by atoms with Gasteiger partial charge >= 0.3 is 0 Å². The molecule has 0 heterocycles. The van der Waals surface area contributed by atoms with Crippen molar-refractivity contribution in [2.45, 2.75) is 5.75 Å². The molecule has 2 amide bonds. The van der Waals surface area contributed by atoms with E-state index in [-0.39, 0.29) is 5.91 Å². The van der Waals surface area contributed by atoms with E-state index < -0.39 is 5.91 Å². The number of halogens is 1. The largest absolute Gasteiger partial charge is 0.366 e. The molecule has 114 valence electrons. The fourth-order valence-electron chi connectivity index (χ4n) is 1.84. The zero-order valence-corrected chi connectivity index (χ0v) is 14.1. The lowest BCUT2D eigenvalue weighted by molar-refractivity contribution is -0.113. The summed E-state index contributed by atoms with van der Waals surface area (Å²) in [5, 5.41) is 2.72. The van der Waals surface area contributed by atoms with E-state index in [9.17, 15) is 9.59 Å². The zero-order valence-electron chi connectivity index (χ0n) is 11.7. The minimum absolute atomic E-state index is 0.157. The summed E-state index contributed by atoms with van der Waals surface area (Å²) in [6, 6.07) is 14.7. The highest BCUT2D eigenvalue weighted by molar-refractivity contribution is 9.10. The fourth-order valence-corrected chi connectivity index (χ4v) is 2.89. The summed E-state index contributed by atoms with van der Waals surface area (Å²) in [5.74, 6) is 0.343. The van der Waals surface area contributed by atoms with Gasteiger partial charge in [-0.25, -0.2) is 0 Å². The normalized spacial score (nSPS) is 10.2. The van der Waals surface area contributed by atoms with Crippen LogP contribution >= 0.6 is 27.7 Å². The van der Waals surface area contributed by atoms with Crippen molar-refractivity contribution in [2.75, 3.05) is 11.1 Å². The summed E-state index contributed by atoms with van der Waals surface area (Å²) < 4.78 is 1.03. The second-order valence-corrected chi connectivity index (χ2v) is 6.48. The van der Waals surface area contributed by atoms with Gasteiger partial charge in [0, 0.05) is 10.2 Å².